The van der Waals surface area contributed by atoms with Crippen molar-refractivity contribution in [2.45, 2.75) is 13.0 Å². The summed E-state index contributed by atoms with van der Waals surface area (Å²) >= 11 is 0. The number of aliphatic hydroxyl groups excluding tert-OH is 1. The highest BCUT2D eigenvalue weighted by molar-refractivity contribution is 5.16. The van der Waals surface area contributed by atoms with Crippen molar-refractivity contribution in [3.05, 3.63) is 29.6 Å². The van der Waals surface area contributed by atoms with Crippen LogP contribution in [0.25, 0.3) is 0 Å². The number of rotatable bonds is 1. The number of pyridine rings is 1. The second-order valence-corrected chi connectivity index (χ2v) is 2.19. The summed E-state index contributed by atoms with van der Waals surface area (Å²) in [7, 11) is 0. The molecule has 1 N–H and O–H groups in total. The number of aromatic nitrogens is 1. The molecule has 0 bridgehead atoms. The van der Waals surface area contributed by atoms with E-state index in [0.717, 1.165) is 12.4 Å². The van der Waals surface area contributed by atoms with E-state index in [9.17, 15) is 8.78 Å². The molecule has 0 radical (unpaired) electrons. The third-order valence-electron chi connectivity index (χ3n) is 1.31. The van der Waals surface area contributed by atoms with Crippen molar-refractivity contribution in [3.8, 4) is 0 Å². The molecule has 0 aliphatic rings. The number of aliphatic hydroxyl groups is 1. The lowest BCUT2D eigenvalue weighted by atomic mass is 10.1. The molecule has 60 valence electrons. The van der Waals surface area contributed by atoms with E-state index < -0.39 is 17.7 Å². The average Bonchev–Trinajstić information content (AvgIpc) is 1.85. The molecule has 0 saturated heterocycles. The number of hydrogen-bond donors (Lipinski definition) is 1. The van der Waals surface area contributed by atoms with E-state index in [1.807, 2.05) is 0 Å². The van der Waals surface area contributed by atoms with Gasteiger partial charge in [0, 0.05) is 0 Å². The summed E-state index contributed by atoms with van der Waals surface area (Å²) in [5.74, 6) is -1.64. The van der Waals surface area contributed by atoms with Crippen molar-refractivity contribution in [1.29, 1.82) is 0 Å². The number of hydrogen-bond acceptors (Lipinski definition) is 2. The summed E-state index contributed by atoms with van der Waals surface area (Å²) in [5.41, 5.74) is -0.333. The normalized spacial score (nSPS) is 13.1. The molecule has 1 heterocycles. The van der Waals surface area contributed by atoms with Gasteiger partial charge in [-0.2, -0.15) is 0 Å². The van der Waals surface area contributed by atoms with Crippen LogP contribution in [0.2, 0.25) is 0 Å². The standard InChI is InChI=1S/C7H7F2NO/c1-4(11)7-5(8)2-10-3-6(7)9/h2-4,11H,1H3/t4-/m1/s1. The summed E-state index contributed by atoms with van der Waals surface area (Å²) in [5, 5.41) is 8.88. The molecular weight excluding hydrogens is 152 g/mol. The zero-order chi connectivity index (χ0) is 8.43. The third-order valence-corrected chi connectivity index (χ3v) is 1.31. The fraction of sp³-hybridized carbons (Fsp3) is 0.286. The quantitative estimate of drug-likeness (QED) is 0.672. The van der Waals surface area contributed by atoms with Crippen LogP contribution in [0, 0.1) is 11.6 Å². The Hall–Kier alpha value is -1.03. The van der Waals surface area contributed by atoms with Crippen molar-refractivity contribution >= 4 is 0 Å². The minimum atomic E-state index is -1.14. The zero-order valence-electron chi connectivity index (χ0n) is 5.88. The molecule has 4 heteroatoms. The summed E-state index contributed by atoms with van der Waals surface area (Å²) in [6, 6.07) is 0. The first kappa shape index (κ1) is 8.07. The second kappa shape index (κ2) is 2.92. The highest BCUT2D eigenvalue weighted by atomic mass is 19.1. The molecule has 11 heavy (non-hydrogen) atoms. The maximum Gasteiger partial charge on any atom is 0.150 e. The lowest BCUT2D eigenvalue weighted by molar-refractivity contribution is 0.188. The Kier molecular flexibility index (Phi) is 2.14. The van der Waals surface area contributed by atoms with Crippen LogP contribution in [0.5, 0.6) is 0 Å². The first-order chi connectivity index (χ1) is 5.13. The lowest BCUT2D eigenvalue weighted by Gasteiger charge is -2.05. The van der Waals surface area contributed by atoms with Gasteiger partial charge in [0.2, 0.25) is 0 Å². The second-order valence-electron chi connectivity index (χ2n) is 2.19. The van der Waals surface area contributed by atoms with E-state index in [2.05, 4.69) is 4.98 Å². The first-order valence-electron chi connectivity index (χ1n) is 3.10. The predicted molar refractivity (Wildman–Crippen MR) is 34.8 cm³/mol. The SMILES string of the molecule is C[C@@H](O)c1c(F)cncc1F. The maximum atomic E-state index is 12.6. The van der Waals surface area contributed by atoms with Crippen molar-refractivity contribution in [2.75, 3.05) is 0 Å². The van der Waals surface area contributed by atoms with Gasteiger partial charge in [-0.05, 0) is 6.92 Å². The molecule has 1 aromatic heterocycles. The average molecular weight is 159 g/mol. The van der Waals surface area contributed by atoms with Crippen molar-refractivity contribution in [2.24, 2.45) is 0 Å². The number of halogens is 2. The molecular formula is C7H7F2NO. The van der Waals surface area contributed by atoms with Crippen LogP contribution < -0.4 is 0 Å². The highest BCUT2D eigenvalue weighted by Gasteiger charge is 2.13. The molecule has 0 spiro atoms. The van der Waals surface area contributed by atoms with E-state index in [-0.39, 0.29) is 5.56 Å². The zero-order valence-corrected chi connectivity index (χ0v) is 5.88. The summed E-state index contributed by atoms with van der Waals surface area (Å²) in [4.78, 5) is 3.27. The van der Waals surface area contributed by atoms with Crippen molar-refractivity contribution in [3.63, 3.8) is 0 Å². The van der Waals surface area contributed by atoms with Crippen LogP contribution in [-0.4, -0.2) is 10.1 Å². The highest BCUT2D eigenvalue weighted by Crippen LogP contribution is 2.18. The van der Waals surface area contributed by atoms with E-state index >= 15 is 0 Å². The Labute approximate surface area is 62.5 Å². The van der Waals surface area contributed by atoms with E-state index in [1.54, 1.807) is 0 Å². The van der Waals surface area contributed by atoms with Gasteiger partial charge in [0.25, 0.3) is 0 Å². The third kappa shape index (κ3) is 1.51. The van der Waals surface area contributed by atoms with Crippen LogP contribution in [0.4, 0.5) is 8.78 Å². The molecule has 0 fully saturated rings. The van der Waals surface area contributed by atoms with Gasteiger partial charge in [0.15, 0.2) is 0 Å². The minimum absolute atomic E-state index is 0.333. The van der Waals surface area contributed by atoms with Gasteiger partial charge in [-0.1, -0.05) is 0 Å². The van der Waals surface area contributed by atoms with Gasteiger partial charge >= 0.3 is 0 Å². The molecule has 1 atom stereocenters. The van der Waals surface area contributed by atoms with Crippen molar-refractivity contribution in [1.82, 2.24) is 4.98 Å². The lowest BCUT2D eigenvalue weighted by Crippen LogP contribution is -2.00. The van der Waals surface area contributed by atoms with E-state index in [4.69, 9.17) is 5.11 Å². The Morgan fingerprint density at radius 3 is 2.09 bits per heavy atom. The molecule has 2 nitrogen and oxygen atoms in total. The van der Waals surface area contributed by atoms with Gasteiger partial charge in [-0.15, -0.1) is 0 Å². The van der Waals surface area contributed by atoms with Crippen LogP contribution in [0.15, 0.2) is 12.4 Å². The topological polar surface area (TPSA) is 33.1 Å². The smallest absolute Gasteiger partial charge is 0.150 e. The van der Waals surface area contributed by atoms with Gasteiger partial charge in [-0.25, -0.2) is 8.78 Å². The Bertz CT molecular complexity index is 242. The largest absolute Gasteiger partial charge is 0.388 e. The first-order valence-corrected chi connectivity index (χ1v) is 3.10. The maximum absolute atomic E-state index is 12.6. The summed E-state index contributed by atoms with van der Waals surface area (Å²) in [6.45, 7) is 1.29. The minimum Gasteiger partial charge on any atom is -0.388 e. The van der Waals surface area contributed by atoms with Gasteiger partial charge in [0.1, 0.15) is 11.6 Å². The molecule has 0 aromatic carbocycles. The summed E-state index contributed by atoms with van der Waals surface area (Å²) < 4.78 is 25.3. The summed E-state index contributed by atoms with van der Waals surface area (Å²) in [6.07, 6.45) is 0.592. The molecule has 1 rings (SSSR count). The van der Waals surface area contributed by atoms with E-state index in [0.29, 0.717) is 0 Å². The van der Waals surface area contributed by atoms with Crippen LogP contribution >= 0.6 is 0 Å². The fourth-order valence-corrected chi connectivity index (χ4v) is 0.820. The van der Waals surface area contributed by atoms with Crippen LogP contribution in [0.3, 0.4) is 0 Å². The van der Waals surface area contributed by atoms with Gasteiger partial charge in [0.05, 0.1) is 24.1 Å². The molecule has 0 aliphatic heterocycles. The van der Waals surface area contributed by atoms with Gasteiger partial charge in [-0.3, -0.25) is 4.98 Å². The molecule has 0 aliphatic carbocycles. The van der Waals surface area contributed by atoms with Crippen LogP contribution in [-0.2, 0) is 0 Å². The molecule has 0 amide bonds. The Morgan fingerprint density at radius 2 is 1.82 bits per heavy atom. The Morgan fingerprint density at radius 1 is 1.36 bits per heavy atom. The monoisotopic (exact) mass is 159 g/mol. The van der Waals surface area contributed by atoms with Crippen LogP contribution in [0.1, 0.15) is 18.6 Å². The van der Waals surface area contributed by atoms with E-state index in [1.165, 1.54) is 6.92 Å². The van der Waals surface area contributed by atoms with Crippen molar-refractivity contribution < 1.29 is 13.9 Å². The Balaban J connectivity index is 3.21. The molecule has 0 saturated carbocycles. The fourth-order valence-electron chi connectivity index (χ4n) is 0.820. The van der Waals surface area contributed by atoms with Gasteiger partial charge < -0.3 is 5.11 Å². The molecule has 0 unspecified atom stereocenters. The number of nitrogens with zero attached hydrogens (tertiary/aromatic N) is 1. The predicted octanol–water partition coefficient (Wildman–Crippen LogP) is 1.41. The molecule has 1 aromatic rings.